The lowest BCUT2D eigenvalue weighted by atomic mass is 9.82. The average molecular weight is 270 g/mol. The lowest BCUT2D eigenvalue weighted by Crippen LogP contribution is -2.15. The van der Waals surface area contributed by atoms with Gasteiger partial charge in [-0.05, 0) is 55.8 Å². The Morgan fingerprint density at radius 3 is 2.39 bits per heavy atom. The van der Waals surface area contributed by atoms with E-state index in [-0.39, 0.29) is 0 Å². The highest BCUT2D eigenvalue weighted by molar-refractivity contribution is 6.32. The molecule has 2 nitrogen and oxygen atoms in total. The van der Waals surface area contributed by atoms with Crippen LogP contribution < -0.4 is 10.5 Å². The Kier molecular flexibility index (Phi) is 5.48. The summed E-state index contributed by atoms with van der Waals surface area (Å²) in [6, 6.07) is 2.02. The van der Waals surface area contributed by atoms with E-state index in [9.17, 15) is 0 Å². The topological polar surface area (TPSA) is 35.2 Å². The number of hydrogen-bond donors (Lipinski definition) is 1. The molecule has 0 amide bonds. The van der Waals surface area contributed by atoms with Gasteiger partial charge in [-0.2, -0.15) is 0 Å². The maximum atomic E-state index is 6.37. The molecule has 102 valence electrons. The van der Waals surface area contributed by atoms with Gasteiger partial charge in [0, 0.05) is 10.6 Å². The molecule has 0 heterocycles. The SMILES string of the molecule is COc1cc(C)c(Cl)c(C)c1C(CCN)C(C)C. The molecule has 0 spiro atoms. The monoisotopic (exact) mass is 269 g/mol. The quantitative estimate of drug-likeness (QED) is 0.875. The second kappa shape index (κ2) is 6.44. The predicted octanol–water partition coefficient (Wildman–Crippen LogP) is 4.05. The summed E-state index contributed by atoms with van der Waals surface area (Å²) in [5, 5.41) is 0.841. The molecule has 0 saturated heterocycles. The maximum Gasteiger partial charge on any atom is 0.122 e. The summed E-state index contributed by atoms with van der Waals surface area (Å²) in [5.74, 6) is 1.84. The van der Waals surface area contributed by atoms with Crippen LogP contribution in [0.4, 0.5) is 0 Å². The number of methoxy groups -OCH3 is 1. The van der Waals surface area contributed by atoms with Crippen LogP contribution in [-0.4, -0.2) is 13.7 Å². The molecule has 3 heteroatoms. The molecule has 1 atom stereocenters. The summed E-state index contributed by atoms with van der Waals surface area (Å²) < 4.78 is 5.54. The fraction of sp³-hybridized carbons (Fsp3) is 0.600. The first-order chi connectivity index (χ1) is 8.43. The Labute approximate surface area is 115 Å². The van der Waals surface area contributed by atoms with Crippen molar-refractivity contribution in [3.05, 3.63) is 27.8 Å². The zero-order valence-corrected chi connectivity index (χ0v) is 12.8. The Bertz CT molecular complexity index is 415. The van der Waals surface area contributed by atoms with Crippen LogP contribution in [0.25, 0.3) is 0 Å². The van der Waals surface area contributed by atoms with Crippen molar-refractivity contribution < 1.29 is 4.74 Å². The fourth-order valence-corrected chi connectivity index (χ4v) is 2.71. The Balaban J connectivity index is 3.40. The first-order valence-corrected chi connectivity index (χ1v) is 6.85. The number of rotatable bonds is 5. The molecular formula is C15H24ClNO. The smallest absolute Gasteiger partial charge is 0.122 e. The molecule has 0 aliphatic rings. The summed E-state index contributed by atoms with van der Waals surface area (Å²) >= 11 is 6.37. The largest absolute Gasteiger partial charge is 0.496 e. The van der Waals surface area contributed by atoms with E-state index in [0.29, 0.717) is 18.4 Å². The van der Waals surface area contributed by atoms with Crippen LogP contribution in [0.5, 0.6) is 5.75 Å². The summed E-state index contributed by atoms with van der Waals surface area (Å²) in [4.78, 5) is 0. The normalized spacial score (nSPS) is 12.9. The van der Waals surface area contributed by atoms with Crippen molar-refractivity contribution in [3.8, 4) is 5.75 Å². The van der Waals surface area contributed by atoms with E-state index in [1.165, 1.54) is 5.56 Å². The molecule has 1 aromatic carbocycles. The standard InChI is InChI=1S/C15H24ClNO/c1-9(2)12(6-7-17)14-11(4)15(16)10(3)8-13(14)18-5/h8-9,12H,6-7,17H2,1-5H3. The van der Waals surface area contributed by atoms with Gasteiger partial charge in [0.1, 0.15) is 5.75 Å². The van der Waals surface area contributed by atoms with Crippen LogP contribution in [0.3, 0.4) is 0 Å². The Morgan fingerprint density at radius 1 is 1.33 bits per heavy atom. The minimum Gasteiger partial charge on any atom is -0.496 e. The van der Waals surface area contributed by atoms with Crippen LogP contribution in [0.15, 0.2) is 6.07 Å². The summed E-state index contributed by atoms with van der Waals surface area (Å²) in [7, 11) is 1.71. The number of ether oxygens (including phenoxy) is 1. The van der Waals surface area contributed by atoms with Crippen molar-refractivity contribution in [2.24, 2.45) is 11.7 Å². The summed E-state index contributed by atoms with van der Waals surface area (Å²) in [6.07, 6.45) is 0.953. The Morgan fingerprint density at radius 2 is 1.94 bits per heavy atom. The van der Waals surface area contributed by atoms with E-state index in [1.807, 2.05) is 13.0 Å². The minimum absolute atomic E-state index is 0.392. The average Bonchev–Trinajstić information content (AvgIpc) is 2.33. The van der Waals surface area contributed by atoms with Crippen molar-refractivity contribution in [2.45, 2.75) is 40.0 Å². The third-order valence-corrected chi connectivity index (χ3v) is 4.15. The second-order valence-electron chi connectivity index (χ2n) is 5.18. The second-order valence-corrected chi connectivity index (χ2v) is 5.55. The highest BCUT2D eigenvalue weighted by atomic mass is 35.5. The van der Waals surface area contributed by atoms with Gasteiger partial charge < -0.3 is 10.5 Å². The molecule has 0 fully saturated rings. The van der Waals surface area contributed by atoms with Crippen molar-refractivity contribution in [1.29, 1.82) is 0 Å². The van der Waals surface area contributed by atoms with Crippen molar-refractivity contribution >= 4 is 11.6 Å². The first-order valence-electron chi connectivity index (χ1n) is 6.47. The molecule has 0 aliphatic carbocycles. The molecule has 2 N–H and O–H groups in total. The fourth-order valence-electron chi connectivity index (χ4n) is 2.56. The van der Waals surface area contributed by atoms with Gasteiger partial charge in [0.25, 0.3) is 0 Å². The van der Waals surface area contributed by atoms with Gasteiger partial charge in [0.2, 0.25) is 0 Å². The molecule has 1 unspecified atom stereocenters. The van der Waals surface area contributed by atoms with E-state index >= 15 is 0 Å². The van der Waals surface area contributed by atoms with Crippen LogP contribution >= 0.6 is 11.6 Å². The van der Waals surface area contributed by atoms with E-state index in [4.69, 9.17) is 22.1 Å². The van der Waals surface area contributed by atoms with Gasteiger partial charge in [-0.25, -0.2) is 0 Å². The van der Waals surface area contributed by atoms with Gasteiger partial charge in [-0.15, -0.1) is 0 Å². The molecule has 1 aromatic rings. The van der Waals surface area contributed by atoms with Gasteiger partial charge in [0.15, 0.2) is 0 Å². The lowest BCUT2D eigenvalue weighted by Gasteiger charge is -2.26. The minimum atomic E-state index is 0.392. The highest BCUT2D eigenvalue weighted by Crippen LogP contribution is 2.40. The van der Waals surface area contributed by atoms with E-state index < -0.39 is 0 Å². The number of halogens is 1. The van der Waals surface area contributed by atoms with Crippen molar-refractivity contribution in [2.75, 3.05) is 13.7 Å². The van der Waals surface area contributed by atoms with Gasteiger partial charge in [-0.3, -0.25) is 0 Å². The molecular weight excluding hydrogens is 246 g/mol. The third kappa shape index (κ3) is 2.99. The number of aryl methyl sites for hydroxylation is 1. The molecule has 0 aromatic heterocycles. The van der Waals surface area contributed by atoms with Gasteiger partial charge in [-0.1, -0.05) is 25.4 Å². The molecule has 0 aliphatic heterocycles. The van der Waals surface area contributed by atoms with Crippen molar-refractivity contribution in [1.82, 2.24) is 0 Å². The van der Waals surface area contributed by atoms with E-state index in [0.717, 1.165) is 28.3 Å². The first kappa shape index (κ1) is 15.3. The number of hydrogen-bond acceptors (Lipinski definition) is 2. The molecule has 0 radical (unpaired) electrons. The zero-order valence-electron chi connectivity index (χ0n) is 12.0. The van der Waals surface area contributed by atoms with Crippen LogP contribution in [0.1, 0.15) is 42.9 Å². The van der Waals surface area contributed by atoms with Crippen LogP contribution in [0.2, 0.25) is 5.02 Å². The molecule has 0 bridgehead atoms. The van der Waals surface area contributed by atoms with Crippen LogP contribution in [0, 0.1) is 19.8 Å². The van der Waals surface area contributed by atoms with Gasteiger partial charge >= 0.3 is 0 Å². The third-order valence-electron chi connectivity index (χ3n) is 3.57. The number of nitrogens with two attached hydrogens (primary N) is 1. The molecule has 18 heavy (non-hydrogen) atoms. The Hall–Kier alpha value is -0.730. The lowest BCUT2D eigenvalue weighted by molar-refractivity contribution is 0.389. The predicted molar refractivity (Wildman–Crippen MR) is 78.7 cm³/mol. The molecule has 0 saturated carbocycles. The van der Waals surface area contributed by atoms with Crippen molar-refractivity contribution in [3.63, 3.8) is 0 Å². The maximum absolute atomic E-state index is 6.37. The highest BCUT2D eigenvalue weighted by Gasteiger charge is 2.23. The van der Waals surface area contributed by atoms with E-state index in [2.05, 4.69) is 20.8 Å². The molecule has 1 rings (SSSR count). The number of benzene rings is 1. The zero-order chi connectivity index (χ0) is 13.9. The van der Waals surface area contributed by atoms with Crippen LogP contribution in [-0.2, 0) is 0 Å². The van der Waals surface area contributed by atoms with Gasteiger partial charge in [0.05, 0.1) is 7.11 Å². The van der Waals surface area contributed by atoms with E-state index in [1.54, 1.807) is 7.11 Å². The summed E-state index contributed by atoms with van der Waals surface area (Å²) in [6.45, 7) is 9.19. The summed E-state index contributed by atoms with van der Waals surface area (Å²) in [5.41, 5.74) is 9.14.